The molecule has 1 aliphatic rings. The zero-order valence-electron chi connectivity index (χ0n) is 11.6. The lowest BCUT2D eigenvalue weighted by molar-refractivity contribution is -0.120. The highest BCUT2D eigenvalue weighted by atomic mass is 16.5. The van der Waals surface area contributed by atoms with E-state index >= 15 is 0 Å². The normalized spacial score (nSPS) is 17.8. The summed E-state index contributed by atoms with van der Waals surface area (Å²) in [7, 11) is 1.58. The van der Waals surface area contributed by atoms with Crippen molar-refractivity contribution in [1.82, 2.24) is 0 Å². The molecule has 1 aliphatic heterocycles. The van der Waals surface area contributed by atoms with Crippen LogP contribution in [0.25, 0.3) is 5.57 Å². The Hall–Kier alpha value is -2.75. The van der Waals surface area contributed by atoms with E-state index in [1.807, 2.05) is 48.5 Å². The van der Waals surface area contributed by atoms with E-state index in [2.05, 4.69) is 0 Å². The van der Waals surface area contributed by atoms with Crippen LogP contribution >= 0.6 is 0 Å². The summed E-state index contributed by atoms with van der Waals surface area (Å²) in [6, 6.07) is 16.6. The zero-order valence-corrected chi connectivity index (χ0v) is 11.6. The Morgan fingerprint density at radius 2 is 1.86 bits per heavy atom. The smallest absolute Gasteiger partial charge is 0.213 e. The molecule has 0 saturated carbocycles. The summed E-state index contributed by atoms with van der Waals surface area (Å²) in [4.78, 5) is 12.6. The van der Waals surface area contributed by atoms with Crippen LogP contribution in [0.3, 0.4) is 0 Å². The van der Waals surface area contributed by atoms with E-state index in [0.29, 0.717) is 16.9 Å². The second kappa shape index (κ2) is 5.32. The number of carbonyl (C=O) groups is 1. The second-order valence-corrected chi connectivity index (χ2v) is 4.74. The maximum atomic E-state index is 12.6. The first-order chi connectivity index (χ1) is 10.2. The van der Waals surface area contributed by atoms with Crippen LogP contribution in [0.1, 0.15) is 17.2 Å². The van der Waals surface area contributed by atoms with Crippen LogP contribution in [0.5, 0.6) is 5.75 Å². The van der Waals surface area contributed by atoms with E-state index in [4.69, 9.17) is 15.2 Å². The third-order valence-electron chi connectivity index (χ3n) is 3.44. The highest BCUT2D eigenvalue weighted by molar-refractivity contribution is 6.25. The fourth-order valence-electron chi connectivity index (χ4n) is 2.40. The maximum absolute atomic E-state index is 12.6. The number of nitrogens with two attached hydrogens (primary N) is 1. The molecule has 0 saturated heterocycles. The Labute approximate surface area is 122 Å². The predicted molar refractivity (Wildman–Crippen MR) is 79.4 cm³/mol. The highest BCUT2D eigenvalue weighted by Crippen LogP contribution is 2.36. The molecule has 4 nitrogen and oxygen atoms in total. The van der Waals surface area contributed by atoms with Gasteiger partial charge in [-0.1, -0.05) is 42.5 Å². The molecule has 2 N–H and O–H groups in total. The molecule has 2 aromatic rings. The van der Waals surface area contributed by atoms with Crippen molar-refractivity contribution in [3.8, 4) is 5.75 Å². The number of carbonyl (C=O) groups excluding carboxylic acids is 1. The van der Waals surface area contributed by atoms with Gasteiger partial charge in [0.1, 0.15) is 5.75 Å². The molecule has 1 unspecified atom stereocenters. The van der Waals surface area contributed by atoms with E-state index in [9.17, 15) is 4.79 Å². The molecule has 4 heteroatoms. The molecule has 0 amide bonds. The van der Waals surface area contributed by atoms with Gasteiger partial charge in [0.2, 0.25) is 5.78 Å². The summed E-state index contributed by atoms with van der Waals surface area (Å²) >= 11 is 0. The van der Waals surface area contributed by atoms with Gasteiger partial charge in [0.25, 0.3) is 0 Å². The standard InChI is InChI=1S/C17H15NO3/c1-20-13-9-5-8-12(10-13)14-15(19)16(21-17(14)18)11-6-3-2-4-7-11/h2-10,16H,18H2,1H3. The number of ketones is 1. The monoisotopic (exact) mass is 281 g/mol. The summed E-state index contributed by atoms with van der Waals surface area (Å²) in [6.07, 6.45) is -0.674. The van der Waals surface area contributed by atoms with Crippen molar-refractivity contribution in [2.45, 2.75) is 6.10 Å². The Morgan fingerprint density at radius 3 is 2.57 bits per heavy atom. The fourth-order valence-corrected chi connectivity index (χ4v) is 2.40. The first-order valence-corrected chi connectivity index (χ1v) is 6.60. The van der Waals surface area contributed by atoms with E-state index in [1.165, 1.54) is 0 Å². The Bertz CT molecular complexity index is 707. The number of methoxy groups -OCH3 is 1. The van der Waals surface area contributed by atoms with Crippen LogP contribution in [-0.2, 0) is 9.53 Å². The minimum absolute atomic E-state index is 0.132. The topological polar surface area (TPSA) is 61.6 Å². The maximum Gasteiger partial charge on any atom is 0.213 e. The van der Waals surface area contributed by atoms with Crippen molar-refractivity contribution in [3.63, 3.8) is 0 Å². The SMILES string of the molecule is COc1cccc(C2=C(N)OC(c3ccccc3)C2=O)c1. The number of ether oxygens (including phenoxy) is 2. The molecule has 0 bridgehead atoms. The molecule has 1 heterocycles. The summed E-state index contributed by atoms with van der Waals surface area (Å²) in [6.45, 7) is 0. The molecule has 2 aromatic carbocycles. The van der Waals surface area contributed by atoms with Crippen molar-refractivity contribution >= 4 is 11.4 Å². The summed E-state index contributed by atoms with van der Waals surface area (Å²) in [5.74, 6) is 0.692. The quantitative estimate of drug-likeness (QED) is 0.939. The molecular weight excluding hydrogens is 266 g/mol. The van der Waals surface area contributed by atoms with Crippen LogP contribution in [0.15, 0.2) is 60.5 Å². The van der Waals surface area contributed by atoms with Crippen molar-refractivity contribution in [3.05, 3.63) is 71.6 Å². The highest BCUT2D eigenvalue weighted by Gasteiger charge is 2.35. The molecule has 0 radical (unpaired) electrons. The molecule has 1 atom stereocenters. The number of rotatable bonds is 3. The number of Topliss-reactive ketones (excluding diaryl/α,β-unsaturated/α-hetero) is 1. The average molecular weight is 281 g/mol. The molecule has 0 aliphatic carbocycles. The van der Waals surface area contributed by atoms with Crippen molar-refractivity contribution in [2.75, 3.05) is 7.11 Å². The lowest BCUT2D eigenvalue weighted by Gasteiger charge is -2.09. The summed E-state index contributed by atoms with van der Waals surface area (Å²) < 4.78 is 10.7. The van der Waals surface area contributed by atoms with Gasteiger partial charge in [0.15, 0.2) is 12.0 Å². The van der Waals surface area contributed by atoms with Gasteiger partial charge in [-0.25, -0.2) is 0 Å². The Kier molecular flexibility index (Phi) is 3.36. The van der Waals surface area contributed by atoms with Crippen LogP contribution in [0.2, 0.25) is 0 Å². The Morgan fingerprint density at radius 1 is 1.10 bits per heavy atom. The fraction of sp³-hybridized carbons (Fsp3) is 0.118. The molecule has 0 spiro atoms. The zero-order chi connectivity index (χ0) is 14.8. The first-order valence-electron chi connectivity index (χ1n) is 6.60. The van der Waals surface area contributed by atoms with Crippen LogP contribution < -0.4 is 10.5 Å². The van der Waals surface area contributed by atoms with E-state index < -0.39 is 6.10 Å². The average Bonchev–Trinajstić information content (AvgIpc) is 2.83. The Balaban J connectivity index is 1.96. The van der Waals surface area contributed by atoms with E-state index in [-0.39, 0.29) is 11.7 Å². The van der Waals surface area contributed by atoms with Gasteiger partial charge in [-0.15, -0.1) is 0 Å². The lowest BCUT2D eigenvalue weighted by Crippen LogP contribution is -2.09. The van der Waals surface area contributed by atoms with Gasteiger partial charge in [0.05, 0.1) is 12.7 Å². The van der Waals surface area contributed by atoms with Crippen LogP contribution in [0, 0.1) is 0 Å². The molecule has 0 fully saturated rings. The van der Waals surface area contributed by atoms with Gasteiger partial charge in [-0.05, 0) is 17.7 Å². The number of hydrogen-bond donors (Lipinski definition) is 1. The van der Waals surface area contributed by atoms with E-state index in [1.54, 1.807) is 13.2 Å². The molecular formula is C17H15NO3. The van der Waals surface area contributed by atoms with Crippen molar-refractivity contribution in [1.29, 1.82) is 0 Å². The number of hydrogen-bond acceptors (Lipinski definition) is 4. The minimum atomic E-state index is -0.674. The van der Waals surface area contributed by atoms with Crippen molar-refractivity contribution in [2.24, 2.45) is 5.73 Å². The third kappa shape index (κ3) is 2.36. The largest absolute Gasteiger partial charge is 0.497 e. The van der Waals surface area contributed by atoms with Gasteiger partial charge < -0.3 is 15.2 Å². The second-order valence-electron chi connectivity index (χ2n) is 4.74. The first kappa shape index (κ1) is 13.2. The molecule has 0 aromatic heterocycles. The molecule has 3 rings (SSSR count). The van der Waals surface area contributed by atoms with Crippen LogP contribution in [-0.4, -0.2) is 12.9 Å². The minimum Gasteiger partial charge on any atom is -0.497 e. The van der Waals surface area contributed by atoms with Gasteiger partial charge in [-0.3, -0.25) is 4.79 Å². The summed E-state index contributed by atoms with van der Waals surface area (Å²) in [5.41, 5.74) is 7.82. The molecule has 21 heavy (non-hydrogen) atoms. The van der Waals surface area contributed by atoms with Gasteiger partial charge in [0, 0.05) is 5.56 Å². The van der Waals surface area contributed by atoms with Crippen LogP contribution in [0.4, 0.5) is 0 Å². The third-order valence-corrected chi connectivity index (χ3v) is 3.44. The summed E-state index contributed by atoms with van der Waals surface area (Å²) in [5, 5.41) is 0. The number of benzene rings is 2. The van der Waals surface area contributed by atoms with Crippen molar-refractivity contribution < 1.29 is 14.3 Å². The lowest BCUT2D eigenvalue weighted by atomic mass is 9.97. The van der Waals surface area contributed by atoms with E-state index in [0.717, 1.165) is 5.56 Å². The van der Waals surface area contributed by atoms with Gasteiger partial charge >= 0.3 is 0 Å². The molecule has 106 valence electrons. The van der Waals surface area contributed by atoms with Gasteiger partial charge in [-0.2, -0.15) is 0 Å². The predicted octanol–water partition coefficient (Wildman–Crippen LogP) is 2.66.